The van der Waals surface area contributed by atoms with E-state index in [4.69, 9.17) is 4.74 Å². The van der Waals surface area contributed by atoms with Crippen molar-refractivity contribution in [3.05, 3.63) is 66.7 Å². The first-order valence-electron chi connectivity index (χ1n) is 10.2. The normalized spacial score (nSPS) is 14.0. The number of carbonyl (C=O) groups is 1. The van der Waals surface area contributed by atoms with Gasteiger partial charge in [-0.3, -0.25) is 4.79 Å². The van der Waals surface area contributed by atoms with Crippen molar-refractivity contribution in [3.63, 3.8) is 0 Å². The van der Waals surface area contributed by atoms with Crippen molar-refractivity contribution in [2.75, 3.05) is 37.7 Å². The first kappa shape index (κ1) is 19.9. The summed E-state index contributed by atoms with van der Waals surface area (Å²) in [5, 5.41) is 8.44. The molecule has 0 radical (unpaired) electrons. The van der Waals surface area contributed by atoms with Gasteiger partial charge in [-0.1, -0.05) is 23.4 Å². The standard InChI is InChI=1S/C22H20FN7O2/c23-16-6-8-17(9-7-16)30-22-20(26-27-30)21(24-15-25-22)29-12-10-28(11-13-29)19(31)14-32-18-4-2-1-3-5-18/h1-9,15H,10-14H2. The highest BCUT2D eigenvalue weighted by atomic mass is 19.1. The van der Waals surface area contributed by atoms with E-state index < -0.39 is 0 Å². The number of halogens is 1. The monoisotopic (exact) mass is 433 g/mol. The Morgan fingerprint density at radius 1 is 0.969 bits per heavy atom. The third-order valence-electron chi connectivity index (χ3n) is 5.33. The minimum Gasteiger partial charge on any atom is -0.484 e. The molecule has 0 N–H and O–H groups in total. The Kier molecular flexibility index (Phi) is 5.32. The van der Waals surface area contributed by atoms with Crippen LogP contribution in [-0.2, 0) is 4.79 Å². The summed E-state index contributed by atoms with van der Waals surface area (Å²) in [7, 11) is 0. The Labute approximate surface area is 183 Å². The van der Waals surface area contributed by atoms with E-state index in [1.165, 1.54) is 18.5 Å². The van der Waals surface area contributed by atoms with Crippen LogP contribution in [0.5, 0.6) is 5.75 Å². The Morgan fingerprint density at radius 2 is 1.72 bits per heavy atom. The number of piperazine rings is 1. The van der Waals surface area contributed by atoms with Crippen molar-refractivity contribution < 1.29 is 13.9 Å². The lowest BCUT2D eigenvalue weighted by Gasteiger charge is -2.35. The predicted octanol–water partition coefficient (Wildman–Crippen LogP) is 2.08. The van der Waals surface area contributed by atoms with E-state index in [1.54, 1.807) is 21.7 Å². The van der Waals surface area contributed by atoms with Crippen molar-refractivity contribution in [3.8, 4) is 11.4 Å². The number of ether oxygens (including phenoxy) is 1. The number of fused-ring (bicyclic) bond motifs is 1. The van der Waals surface area contributed by atoms with Crippen LogP contribution in [0.3, 0.4) is 0 Å². The maximum absolute atomic E-state index is 13.3. The summed E-state index contributed by atoms with van der Waals surface area (Å²) in [5.74, 6) is 0.960. The molecule has 1 amide bonds. The zero-order valence-electron chi connectivity index (χ0n) is 17.1. The number of nitrogens with zero attached hydrogens (tertiary/aromatic N) is 7. The highest BCUT2D eigenvalue weighted by molar-refractivity contribution is 5.84. The summed E-state index contributed by atoms with van der Waals surface area (Å²) in [6, 6.07) is 15.2. The minimum absolute atomic E-state index is 0.00770. The molecule has 2 aromatic carbocycles. The molecule has 0 bridgehead atoms. The highest BCUT2D eigenvalue weighted by Crippen LogP contribution is 2.23. The van der Waals surface area contributed by atoms with Crippen LogP contribution < -0.4 is 9.64 Å². The van der Waals surface area contributed by atoms with Gasteiger partial charge >= 0.3 is 0 Å². The summed E-state index contributed by atoms with van der Waals surface area (Å²) >= 11 is 0. The second-order valence-electron chi connectivity index (χ2n) is 7.32. The Morgan fingerprint density at radius 3 is 2.47 bits per heavy atom. The summed E-state index contributed by atoms with van der Waals surface area (Å²) in [4.78, 5) is 25.1. The van der Waals surface area contributed by atoms with E-state index in [0.717, 1.165) is 0 Å². The zero-order chi connectivity index (χ0) is 21.9. The molecule has 9 nitrogen and oxygen atoms in total. The van der Waals surface area contributed by atoms with Gasteiger partial charge in [-0.05, 0) is 36.4 Å². The number of hydrogen-bond acceptors (Lipinski definition) is 7. The molecule has 32 heavy (non-hydrogen) atoms. The molecule has 5 rings (SSSR count). The van der Waals surface area contributed by atoms with Gasteiger partial charge in [0.2, 0.25) is 0 Å². The van der Waals surface area contributed by atoms with E-state index >= 15 is 0 Å². The SMILES string of the molecule is O=C(COc1ccccc1)N1CCN(c2ncnc3c2nnn3-c2ccc(F)cc2)CC1. The van der Waals surface area contributed by atoms with Crippen LogP contribution in [0.2, 0.25) is 0 Å². The Bertz CT molecular complexity index is 1220. The van der Waals surface area contributed by atoms with Crippen LogP contribution in [-0.4, -0.2) is 68.6 Å². The van der Waals surface area contributed by atoms with E-state index in [2.05, 4.69) is 25.2 Å². The maximum atomic E-state index is 13.3. The quantitative estimate of drug-likeness (QED) is 0.476. The van der Waals surface area contributed by atoms with Crippen LogP contribution in [0.1, 0.15) is 0 Å². The fourth-order valence-electron chi connectivity index (χ4n) is 3.65. The number of aromatic nitrogens is 5. The molecule has 162 valence electrons. The van der Waals surface area contributed by atoms with Crippen LogP contribution >= 0.6 is 0 Å². The molecular weight excluding hydrogens is 413 g/mol. The zero-order valence-corrected chi connectivity index (χ0v) is 17.1. The number of anilines is 1. The minimum atomic E-state index is -0.324. The molecule has 10 heteroatoms. The van der Waals surface area contributed by atoms with Gasteiger partial charge in [0.05, 0.1) is 5.69 Å². The molecule has 0 unspecified atom stereocenters. The van der Waals surface area contributed by atoms with Gasteiger partial charge in [0.1, 0.15) is 17.9 Å². The van der Waals surface area contributed by atoms with Crippen molar-refractivity contribution in [2.24, 2.45) is 0 Å². The molecule has 0 spiro atoms. The lowest BCUT2D eigenvalue weighted by molar-refractivity contribution is -0.133. The average molecular weight is 433 g/mol. The second-order valence-corrected chi connectivity index (χ2v) is 7.32. The summed E-state index contributed by atoms with van der Waals surface area (Å²) in [5.41, 5.74) is 1.76. The number of carbonyl (C=O) groups excluding carboxylic acids is 1. The fourth-order valence-corrected chi connectivity index (χ4v) is 3.65. The molecule has 1 aliphatic rings. The second kappa shape index (κ2) is 8.58. The van der Waals surface area contributed by atoms with Crippen molar-refractivity contribution >= 4 is 22.9 Å². The molecule has 1 saturated heterocycles. The number of hydrogen-bond donors (Lipinski definition) is 0. The van der Waals surface area contributed by atoms with Gasteiger partial charge in [0.15, 0.2) is 23.6 Å². The summed E-state index contributed by atoms with van der Waals surface area (Å²) < 4.78 is 20.4. The van der Waals surface area contributed by atoms with E-state index in [-0.39, 0.29) is 18.3 Å². The number of rotatable bonds is 5. The predicted molar refractivity (Wildman–Crippen MR) is 115 cm³/mol. The van der Waals surface area contributed by atoms with Crippen molar-refractivity contribution in [2.45, 2.75) is 0 Å². The van der Waals surface area contributed by atoms with Gasteiger partial charge in [-0.25, -0.2) is 14.4 Å². The summed E-state index contributed by atoms with van der Waals surface area (Å²) in [6.45, 7) is 2.32. The molecular formula is C22H20FN7O2. The van der Waals surface area contributed by atoms with E-state index in [9.17, 15) is 9.18 Å². The largest absolute Gasteiger partial charge is 0.484 e. The number of para-hydroxylation sites is 1. The fraction of sp³-hybridized carbons (Fsp3) is 0.227. The molecule has 4 aromatic rings. The van der Waals surface area contributed by atoms with Crippen LogP contribution in [0, 0.1) is 5.82 Å². The molecule has 0 saturated carbocycles. The topological polar surface area (TPSA) is 89.3 Å². The van der Waals surface area contributed by atoms with E-state index in [0.29, 0.717) is 54.6 Å². The number of benzene rings is 2. The third-order valence-corrected chi connectivity index (χ3v) is 5.33. The van der Waals surface area contributed by atoms with Gasteiger partial charge in [-0.2, -0.15) is 4.68 Å². The van der Waals surface area contributed by atoms with Gasteiger partial charge in [0.25, 0.3) is 5.91 Å². The Hall–Kier alpha value is -4.08. The van der Waals surface area contributed by atoms with Crippen molar-refractivity contribution in [1.29, 1.82) is 0 Å². The molecule has 0 aliphatic carbocycles. The van der Waals surface area contributed by atoms with Crippen LogP contribution in [0.15, 0.2) is 60.9 Å². The highest BCUT2D eigenvalue weighted by Gasteiger charge is 2.25. The average Bonchev–Trinajstić information content (AvgIpc) is 3.28. The van der Waals surface area contributed by atoms with Gasteiger partial charge in [0, 0.05) is 26.2 Å². The first-order valence-corrected chi connectivity index (χ1v) is 10.2. The summed E-state index contributed by atoms with van der Waals surface area (Å²) in [6.07, 6.45) is 1.46. The molecule has 1 aliphatic heterocycles. The molecule has 2 aromatic heterocycles. The molecule has 1 fully saturated rings. The van der Waals surface area contributed by atoms with Gasteiger partial charge < -0.3 is 14.5 Å². The van der Waals surface area contributed by atoms with Crippen LogP contribution in [0.4, 0.5) is 10.2 Å². The molecule has 0 atom stereocenters. The smallest absolute Gasteiger partial charge is 0.260 e. The van der Waals surface area contributed by atoms with E-state index in [1.807, 2.05) is 30.3 Å². The molecule has 3 heterocycles. The van der Waals surface area contributed by atoms with Crippen LogP contribution in [0.25, 0.3) is 16.9 Å². The third kappa shape index (κ3) is 3.94. The lowest BCUT2D eigenvalue weighted by atomic mass is 10.3. The lowest BCUT2D eigenvalue weighted by Crippen LogP contribution is -2.50. The Balaban J connectivity index is 1.27. The number of amides is 1. The maximum Gasteiger partial charge on any atom is 0.260 e. The first-order chi connectivity index (χ1) is 15.7. The van der Waals surface area contributed by atoms with Crippen molar-refractivity contribution in [1.82, 2.24) is 29.9 Å². The van der Waals surface area contributed by atoms with Gasteiger partial charge in [-0.15, -0.1) is 5.10 Å².